The standard InChI is InChI=1S/C19H28N2O3S/c1-15(22)20-13-9-5-8-12-18-19(20,2)14-17(21(18)25(3,23)24)16-10-6-4-7-11-16/h4,6-7,10-11,17-18H,5,8-9,12-14H2,1-3H3/t17-,18-,19-/m0/s1. The van der Waals surface area contributed by atoms with Crippen LogP contribution in [0.1, 0.15) is 57.6 Å². The second kappa shape index (κ2) is 6.72. The molecule has 0 unspecified atom stereocenters. The lowest BCUT2D eigenvalue weighted by Crippen LogP contribution is -2.58. The van der Waals surface area contributed by atoms with Gasteiger partial charge in [-0.2, -0.15) is 4.31 Å². The van der Waals surface area contributed by atoms with Gasteiger partial charge in [-0.15, -0.1) is 0 Å². The van der Waals surface area contributed by atoms with Gasteiger partial charge in [-0.1, -0.05) is 43.2 Å². The van der Waals surface area contributed by atoms with Gasteiger partial charge in [0.05, 0.1) is 17.8 Å². The maximum Gasteiger partial charge on any atom is 0.219 e. The molecule has 0 spiro atoms. The van der Waals surface area contributed by atoms with Crippen LogP contribution < -0.4 is 0 Å². The number of nitrogens with zero attached hydrogens (tertiary/aromatic N) is 2. The molecule has 2 saturated heterocycles. The van der Waals surface area contributed by atoms with E-state index in [1.165, 1.54) is 6.26 Å². The molecule has 3 rings (SSSR count). The van der Waals surface area contributed by atoms with Gasteiger partial charge in [-0.25, -0.2) is 8.42 Å². The molecule has 1 amide bonds. The number of carbonyl (C=O) groups excluding carboxylic acids is 1. The molecule has 5 nitrogen and oxygen atoms in total. The van der Waals surface area contributed by atoms with Crippen LogP contribution in [0.4, 0.5) is 0 Å². The fourth-order valence-corrected chi connectivity index (χ4v) is 6.25. The number of hydrogen-bond acceptors (Lipinski definition) is 3. The van der Waals surface area contributed by atoms with Crippen molar-refractivity contribution < 1.29 is 13.2 Å². The molecule has 2 fully saturated rings. The Hall–Kier alpha value is -1.40. The Kier molecular flexibility index (Phi) is 4.95. The first-order valence-electron chi connectivity index (χ1n) is 9.07. The average Bonchev–Trinajstić information content (AvgIpc) is 2.82. The Morgan fingerprint density at radius 2 is 1.84 bits per heavy atom. The lowest BCUT2D eigenvalue weighted by molar-refractivity contribution is -0.136. The maximum atomic E-state index is 12.7. The number of benzene rings is 1. The Morgan fingerprint density at radius 1 is 1.16 bits per heavy atom. The van der Waals surface area contributed by atoms with Crippen LogP contribution in [-0.2, 0) is 14.8 Å². The molecule has 1 aromatic carbocycles. The second-order valence-electron chi connectivity index (χ2n) is 7.62. The van der Waals surface area contributed by atoms with Gasteiger partial charge < -0.3 is 4.90 Å². The molecule has 6 heteroatoms. The number of sulfonamides is 1. The first-order chi connectivity index (χ1) is 11.7. The molecule has 0 aliphatic carbocycles. The molecular formula is C19H28N2O3S. The summed E-state index contributed by atoms with van der Waals surface area (Å²) in [5, 5.41) is 0. The van der Waals surface area contributed by atoms with Crippen LogP contribution in [0.3, 0.4) is 0 Å². The molecule has 0 radical (unpaired) electrons. The highest BCUT2D eigenvalue weighted by molar-refractivity contribution is 7.88. The minimum atomic E-state index is -3.39. The summed E-state index contributed by atoms with van der Waals surface area (Å²) in [6.45, 7) is 4.39. The summed E-state index contributed by atoms with van der Waals surface area (Å²) in [4.78, 5) is 14.3. The lowest BCUT2D eigenvalue weighted by Gasteiger charge is -2.44. The number of carbonyl (C=O) groups is 1. The molecule has 138 valence electrons. The number of amides is 1. The zero-order chi connectivity index (χ0) is 18.2. The summed E-state index contributed by atoms with van der Waals surface area (Å²) in [5.74, 6) is 0.0385. The largest absolute Gasteiger partial charge is 0.336 e. The highest BCUT2D eigenvalue weighted by Gasteiger charge is 2.56. The number of likely N-dealkylation sites (tertiary alicyclic amines) is 1. The van der Waals surface area contributed by atoms with E-state index < -0.39 is 15.6 Å². The zero-order valence-electron chi connectivity index (χ0n) is 15.3. The predicted molar refractivity (Wildman–Crippen MR) is 98.5 cm³/mol. The SMILES string of the molecule is CC(=O)N1CCCCC[C@@H]2N(S(C)(=O)=O)[C@H](c3ccccc3)C[C@@]21C. The number of hydrogen-bond donors (Lipinski definition) is 0. The van der Waals surface area contributed by atoms with E-state index in [4.69, 9.17) is 0 Å². The third kappa shape index (κ3) is 3.34. The van der Waals surface area contributed by atoms with Crippen molar-refractivity contribution in [2.24, 2.45) is 0 Å². The van der Waals surface area contributed by atoms with Crippen LogP contribution >= 0.6 is 0 Å². The van der Waals surface area contributed by atoms with Crippen molar-refractivity contribution in [3.63, 3.8) is 0 Å². The molecule has 1 aromatic rings. The quantitative estimate of drug-likeness (QED) is 0.811. The second-order valence-corrected chi connectivity index (χ2v) is 9.50. The van der Waals surface area contributed by atoms with Crippen molar-refractivity contribution in [1.82, 2.24) is 9.21 Å². The fraction of sp³-hybridized carbons (Fsp3) is 0.632. The monoisotopic (exact) mass is 364 g/mol. The predicted octanol–water partition coefficient (Wildman–Crippen LogP) is 2.94. The van der Waals surface area contributed by atoms with Crippen LogP contribution in [0.2, 0.25) is 0 Å². The smallest absolute Gasteiger partial charge is 0.219 e. The van der Waals surface area contributed by atoms with Gasteiger partial charge >= 0.3 is 0 Å². The zero-order valence-corrected chi connectivity index (χ0v) is 16.1. The molecular weight excluding hydrogens is 336 g/mol. The van der Waals surface area contributed by atoms with E-state index in [9.17, 15) is 13.2 Å². The van der Waals surface area contributed by atoms with Crippen molar-refractivity contribution in [3.05, 3.63) is 35.9 Å². The normalized spacial score (nSPS) is 31.2. The Labute approximate surface area is 151 Å². The molecule has 25 heavy (non-hydrogen) atoms. The van der Waals surface area contributed by atoms with Crippen LogP contribution in [0.25, 0.3) is 0 Å². The van der Waals surface area contributed by atoms with E-state index in [0.29, 0.717) is 13.0 Å². The molecule has 0 bridgehead atoms. The van der Waals surface area contributed by atoms with Gasteiger partial charge in [0.15, 0.2) is 0 Å². The van der Waals surface area contributed by atoms with E-state index in [1.807, 2.05) is 35.2 Å². The summed E-state index contributed by atoms with van der Waals surface area (Å²) in [6, 6.07) is 9.42. The maximum absolute atomic E-state index is 12.7. The van der Waals surface area contributed by atoms with Gasteiger partial charge in [0.25, 0.3) is 0 Å². The highest BCUT2D eigenvalue weighted by atomic mass is 32.2. The van der Waals surface area contributed by atoms with Crippen LogP contribution in [0.5, 0.6) is 0 Å². The lowest BCUT2D eigenvalue weighted by atomic mass is 9.83. The molecule has 0 aromatic heterocycles. The minimum Gasteiger partial charge on any atom is -0.336 e. The number of fused-ring (bicyclic) bond motifs is 1. The summed E-state index contributed by atoms with van der Waals surface area (Å²) >= 11 is 0. The highest BCUT2D eigenvalue weighted by Crippen LogP contribution is 2.49. The Bertz CT molecular complexity index is 734. The molecule has 3 atom stereocenters. The summed E-state index contributed by atoms with van der Waals surface area (Å²) in [7, 11) is -3.39. The van der Waals surface area contributed by atoms with E-state index >= 15 is 0 Å². The van der Waals surface area contributed by atoms with E-state index in [0.717, 1.165) is 31.2 Å². The molecule has 0 saturated carbocycles. The Balaban J connectivity index is 2.11. The molecule has 2 aliphatic rings. The van der Waals surface area contributed by atoms with Crippen molar-refractivity contribution >= 4 is 15.9 Å². The molecule has 0 N–H and O–H groups in total. The van der Waals surface area contributed by atoms with Gasteiger partial charge in [-0.05, 0) is 31.7 Å². The third-order valence-electron chi connectivity index (χ3n) is 5.86. The average molecular weight is 365 g/mol. The van der Waals surface area contributed by atoms with Crippen molar-refractivity contribution in [3.8, 4) is 0 Å². The van der Waals surface area contributed by atoms with E-state index in [1.54, 1.807) is 11.2 Å². The van der Waals surface area contributed by atoms with Gasteiger partial charge in [0.2, 0.25) is 15.9 Å². The molecule has 2 aliphatic heterocycles. The van der Waals surface area contributed by atoms with Crippen LogP contribution in [0, 0.1) is 0 Å². The van der Waals surface area contributed by atoms with E-state index in [2.05, 4.69) is 6.92 Å². The van der Waals surface area contributed by atoms with Crippen molar-refractivity contribution in [1.29, 1.82) is 0 Å². The van der Waals surface area contributed by atoms with Crippen molar-refractivity contribution in [2.45, 2.75) is 63.6 Å². The first-order valence-corrected chi connectivity index (χ1v) is 10.9. The third-order valence-corrected chi connectivity index (χ3v) is 7.14. The summed E-state index contributed by atoms with van der Waals surface area (Å²) in [5.41, 5.74) is 0.542. The van der Waals surface area contributed by atoms with Gasteiger partial charge in [0, 0.05) is 19.5 Å². The summed E-state index contributed by atoms with van der Waals surface area (Å²) in [6.07, 6.45) is 5.76. The topological polar surface area (TPSA) is 57.7 Å². The Morgan fingerprint density at radius 3 is 2.44 bits per heavy atom. The van der Waals surface area contributed by atoms with Crippen molar-refractivity contribution in [2.75, 3.05) is 12.8 Å². The van der Waals surface area contributed by atoms with E-state index in [-0.39, 0.29) is 18.0 Å². The minimum absolute atomic E-state index is 0.0385. The van der Waals surface area contributed by atoms with Crippen LogP contribution in [0.15, 0.2) is 30.3 Å². The summed E-state index contributed by atoms with van der Waals surface area (Å²) < 4.78 is 27.1. The number of rotatable bonds is 2. The molecule has 2 heterocycles. The van der Waals surface area contributed by atoms with Crippen LogP contribution in [-0.4, -0.2) is 47.9 Å². The van der Waals surface area contributed by atoms with Gasteiger partial charge in [0.1, 0.15) is 0 Å². The fourth-order valence-electron chi connectivity index (χ4n) is 4.80. The van der Waals surface area contributed by atoms with Gasteiger partial charge in [-0.3, -0.25) is 4.79 Å². The first kappa shape index (κ1) is 18.4.